The molecule has 0 saturated carbocycles. The van der Waals surface area contributed by atoms with Crippen molar-refractivity contribution in [2.45, 2.75) is 12.7 Å². The zero-order valence-electron chi connectivity index (χ0n) is 14.2. The number of methoxy groups -OCH3 is 1. The average Bonchev–Trinajstić information content (AvgIpc) is 2.66. The lowest BCUT2D eigenvalue weighted by molar-refractivity contribution is -0.136. The molecule has 1 saturated heterocycles. The van der Waals surface area contributed by atoms with Gasteiger partial charge in [0.05, 0.1) is 26.4 Å². The van der Waals surface area contributed by atoms with E-state index in [0.29, 0.717) is 0 Å². The van der Waals surface area contributed by atoms with Gasteiger partial charge in [-0.2, -0.15) is 0 Å². The van der Waals surface area contributed by atoms with Gasteiger partial charge in [-0.1, -0.05) is 30.3 Å². The van der Waals surface area contributed by atoms with Gasteiger partial charge >= 0.3 is 18.2 Å². The molecule has 1 atom stereocenters. The lowest BCUT2D eigenvalue weighted by Crippen LogP contribution is -2.45. The van der Waals surface area contributed by atoms with Crippen LogP contribution in [0.3, 0.4) is 0 Å². The summed E-state index contributed by atoms with van der Waals surface area (Å²) in [5.41, 5.74) is 0.613. The third-order valence-corrected chi connectivity index (χ3v) is 3.57. The highest BCUT2D eigenvalue weighted by Crippen LogP contribution is 2.10. The van der Waals surface area contributed by atoms with Crippen molar-refractivity contribution in [2.75, 3.05) is 26.8 Å². The molecule has 0 bridgehead atoms. The van der Waals surface area contributed by atoms with Gasteiger partial charge in [-0.05, 0) is 11.6 Å². The third-order valence-electron chi connectivity index (χ3n) is 3.57. The smallest absolute Gasteiger partial charge is 0.412 e. The van der Waals surface area contributed by atoms with Crippen molar-refractivity contribution >= 4 is 18.2 Å². The van der Waals surface area contributed by atoms with Gasteiger partial charge in [-0.15, -0.1) is 0 Å². The summed E-state index contributed by atoms with van der Waals surface area (Å²) in [6.07, 6.45) is -1.30. The predicted octanol–water partition coefficient (Wildman–Crippen LogP) is 1.35. The number of ether oxygens (including phenoxy) is 3. The molecular weight excluding hydrogens is 344 g/mol. The number of esters is 1. The number of benzene rings is 1. The summed E-state index contributed by atoms with van der Waals surface area (Å²) in [4.78, 5) is 36.0. The molecule has 1 unspecified atom stereocenters. The van der Waals surface area contributed by atoms with Gasteiger partial charge < -0.3 is 24.2 Å². The molecule has 1 aromatic rings. The lowest BCUT2D eigenvalue weighted by Gasteiger charge is -2.29. The summed E-state index contributed by atoms with van der Waals surface area (Å²) in [6.45, 7) is 0.491. The van der Waals surface area contributed by atoms with Crippen LogP contribution in [-0.4, -0.2) is 61.1 Å². The van der Waals surface area contributed by atoms with Crippen LogP contribution in [0.1, 0.15) is 5.56 Å². The summed E-state index contributed by atoms with van der Waals surface area (Å²) in [5.74, 6) is -0.794. The molecule has 9 heteroatoms. The quantitative estimate of drug-likeness (QED) is 0.599. The van der Waals surface area contributed by atoms with Crippen molar-refractivity contribution in [2.24, 2.45) is 0 Å². The molecule has 1 fully saturated rings. The number of hydrogen-bond acceptors (Lipinski definition) is 6. The fourth-order valence-electron chi connectivity index (χ4n) is 2.28. The van der Waals surface area contributed by atoms with Crippen LogP contribution in [-0.2, 0) is 25.6 Å². The fourth-order valence-corrected chi connectivity index (χ4v) is 2.28. The molecule has 1 aliphatic rings. The van der Waals surface area contributed by atoms with Crippen LogP contribution in [0, 0.1) is 0 Å². The summed E-state index contributed by atoms with van der Waals surface area (Å²) in [7, 11) is 1.17. The molecule has 0 spiro atoms. The molecule has 9 nitrogen and oxygen atoms in total. The maximum Gasteiger partial charge on any atom is 0.412 e. The largest absolute Gasteiger partial charge is 0.465 e. The normalized spacial score (nSPS) is 17.3. The van der Waals surface area contributed by atoms with Crippen LogP contribution >= 0.6 is 0 Å². The molecule has 1 aliphatic heterocycles. The summed E-state index contributed by atoms with van der Waals surface area (Å²) in [5, 5.41) is 11.3. The maximum atomic E-state index is 11.9. The molecular formula is C17H20N2O7. The molecule has 2 amide bonds. The Morgan fingerprint density at radius 1 is 1.35 bits per heavy atom. The van der Waals surface area contributed by atoms with Crippen molar-refractivity contribution < 1.29 is 33.7 Å². The lowest BCUT2D eigenvalue weighted by atomic mass is 10.2. The first kappa shape index (κ1) is 19.3. The summed E-state index contributed by atoms with van der Waals surface area (Å²) < 4.78 is 15.1. The molecule has 0 aromatic heterocycles. The highest BCUT2D eigenvalue weighted by molar-refractivity contribution is 5.92. The molecule has 2 rings (SSSR count). The second-order valence-corrected chi connectivity index (χ2v) is 5.40. The van der Waals surface area contributed by atoms with Gasteiger partial charge in [0.1, 0.15) is 12.3 Å². The Morgan fingerprint density at radius 2 is 2.08 bits per heavy atom. The number of carbonyl (C=O) groups is 3. The number of nitrogens with one attached hydrogen (secondary N) is 1. The average molecular weight is 364 g/mol. The van der Waals surface area contributed by atoms with Crippen molar-refractivity contribution in [3.05, 3.63) is 47.7 Å². The number of nitrogens with zero attached hydrogens (tertiary/aromatic N) is 1. The number of alkyl carbamates (subject to hydrolysis) is 1. The summed E-state index contributed by atoms with van der Waals surface area (Å²) in [6, 6.07) is 9.05. The minimum atomic E-state index is -1.08. The standard InChI is InChI=1S/C17H20N2O7/c1-24-15(20)14(9-13-10-19(17(22)23)7-8-25-13)18-16(21)26-11-12-5-3-2-4-6-12/h2-6,9,13H,7-8,10-11H2,1H3,(H,18,21)(H,22,23)/b14-9-. The monoisotopic (exact) mass is 364 g/mol. The highest BCUT2D eigenvalue weighted by atomic mass is 16.6. The van der Waals surface area contributed by atoms with E-state index in [-0.39, 0.29) is 32.0 Å². The van der Waals surface area contributed by atoms with E-state index < -0.39 is 24.3 Å². The van der Waals surface area contributed by atoms with E-state index in [1.54, 1.807) is 12.1 Å². The van der Waals surface area contributed by atoms with Crippen molar-refractivity contribution in [3.63, 3.8) is 0 Å². The van der Waals surface area contributed by atoms with Gasteiger partial charge in [0, 0.05) is 6.54 Å². The molecule has 1 heterocycles. The third kappa shape index (κ3) is 5.78. The SMILES string of the molecule is COC(=O)/C(=C/C1CN(C(=O)O)CCO1)NC(=O)OCc1ccccc1. The zero-order valence-corrected chi connectivity index (χ0v) is 14.2. The van der Waals surface area contributed by atoms with Crippen LogP contribution in [0.5, 0.6) is 0 Å². The van der Waals surface area contributed by atoms with Crippen LogP contribution in [0.15, 0.2) is 42.1 Å². The van der Waals surface area contributed by atoms with Gasteiger partial charge in [-0.25, -0.2) is 14.4 Å². The Labute approximate surface area is 150 Å². The Kier molecular flexibility index (Phi) is 6.98. The molecule has 140 valence electrons. The maximum absolute atomic E-state index is 11.9. The molecule has 0 aliphatic carbocycles. The first-order chi connectivity index (χ1) is 12.5. The van der Waals surface area contributed by atoms with E-state index in [1.165, 1.54) is 13.2 Å². The van der Waals surface area contributed by atoms with E-state index in [1.807, 2.05) is 18.2 Å². The van der Waals surface area contributed by atoms with E-state index >= 15 is 0 Å². The van der Waals surface area contributed by atoms with E-state index in [0.717, 1.165) is 10.5 Å². The topological polar surface area (TPSA) is 114 Å². The summed E-state index contributed by atoms with van der Waals surface area (Å²) >= 11 is 0. The highest BCUT2D eigenvalue weighted by Gasteiger charge is 2.25. The number of hydrogen-bond donors (Lipinski definition) is 2. The van der Waals surface area contributed by atoms with E-state index in [2.05, 4.69) is 10.1 Å². The van der Waals surface area contributed by atoms with Gasteiger partial charge in [0.25, 0.3) is 0 Å². The second kappa shape index (κ2) is 9.42. The Balaban J connectivity index is 1.98. The first-order valence-electron chi connectivity index (χ1n) is 7.87. The number of carboxylic acid groups (broad SMARTS) is 1. The van der Waals surface area contributed by atoms with Crippen LogP contribution < -0.4 is 5.32 Å². The number of carbonyl (C=O) groups excluding carboxylic acids is 2. The molecule has 1 aromatic carbocycles. The van der Waals surface area contributed by atoms with Crippen molar-refractivity contribution in [3.8, 4) is 0 Å². The van der Waals surface area contributed by atoms with Gasteiger partial charge in [0.2, 0.25) is 0 Å². The van der Waals surface area contributed by atoms with E-state index in [9.17, 15) is 14.4 Å². The van der Waals surface area contributed by atoms with E-state index in [4.69, 9.17) is 14.6 Å². The number of rotatable bonds is 5. The second-order valence-electron chi connectivity index (χ2n) is 5.40. The van der Waals surface area contributed by atoms with Crippen molar-refractivity contribution in [1.82, 2.24) is 10.2 Å². The first-order valence-corrected chi connectivity index (χ1v) is 7.87. The van der Waals surface area contributed by atoms with Crippen LogP contribution in [0.2, 0.25) is 0 Å². The number of morpholine rings is 1. The van der Waals surface area contributed by atoms with Gasteiger partial charge in [-0.3, -0.25) is 5.32 Å². The molecule has 26 heavy (non-hydrogen) atoms. The number of amides is 2. The molecule has 0 radical (unpaired) electrons. The zero-order chi connectivity index (χ0) is 18.9. The fraction of sp³-hybridized carbons (Fsp3) is 0.353. The Bertz CT molecular complexity index is 675. The molecule has 2 N–H and O–H groups in total. The minimum absolute atomic E-state index is 0.0356. The van der Waals surface area contributed by atoms with Crippen molar-refractivity contribution in [1.29, 1.82) is 0 Å². The van der Waals surface area contributed by atoms with Crippen LogP contribution in [0.4, 0.5) is 9.59 Å². The minimum Gasteiger partial charge on any atom is -0.465 e. The Hall–Kier alpha value is -3.07. The van der Waals surface area contributed by atoms with Crippen LogP contribution in [0.25, 0.3) is 0 Å². The Morgan fingerprint density at radius 3 is 2.73 bits per heavy atom. The predicted molar refractivity (Wildman–Crippen MR) is 89.2 cm³/mol. The van der Waals surface area contributed by atoms with Gasteiger partial charge in [0.15, 0.2) is 0 Å².